The highest BCUT2D eigenvalue weighted by Crippen LogP contribution is 2.03. The summed E-state index contributed by atoms with van der Waals surface area (Å²) in [6, 6.07) is 9.79. The molecule has 0 saturated heterocycles. The Morgan fingerprint density at radius 1 is 1.10 bits per heavy atom. The van der Waals surface area contributed by atoms with Crippen molar-refractivity contribution in [2.45, 2.75) is 6.42 Å². The minimum Gasteiger partial charge on any atom is -0.385 e. The third-order valence-corrected chi connectivity index (χ3v) is 2.87. The van der Waals surface area contributed by atoms with Crippen molar-refractivity contribution in [2.75, 3.05) is 40.5 Å². The quantitative estimate of drug-likeness (QED) is 0.513. The molecular formula is C16H23NO3. The van der Waals surface area contributed by atoms with Crippen LogP contribution in [0, 0.1) is 0 Å². The van der Waals surface area contributed by atoms with Crippen molar-refractivity contribution in [1.82, 2.24) is 4.90 Å². The van der Waals surface area contributed by atoms with Gasteiger partial charge in [0.15, 0.2) is 0 Å². The average Bonchev–Trinajstić information content (AvgIpc) is 2.49. The van der Waals surface area contributed by atoms with Crippen LogP contribution in [-0.4, -0.2) is 51.3 Å². The lowest BCUT2D eigenvalue weighted by Gasteiger charge is -2.20. The minimum atomic E-state index is 0.00186. The molecule has 0 atom stereocenters. The van der Waals surface area contributed by atoms with E-state index in [1.54, 1.807) is 25.2 Å². The fourth-order valence-corrected chi connectivity index (χ4v) is 1.77. The van der Waals surface area contributed by atoms with Gasteiger partial charge >= 0.3 is 0 Å². The number of carbonyl (C=O) groups excluding carboxylic acids is 1. The summed E-state index contributed by atoms with van der Waals surface area (Å²) in [6.07, 6.45) is 4.27. The SMILES string of the molecule is COCCCN(CCOC)C(=O)/C=C/c1ccccc1. The van der Waals surface area contributed by atoms with Crippen LogP contribution in [0.3, 0.4) is 0 Å². The second kappa shape index (κ2) is 10.2. The van der Waals surface area contributed by atoms with Crippen LogP contribution in [-0.2, 0) is 14.3 Å². The molecule has 0 saturated carbocycles. The highest BCUT2D eigenvalue weighted by atomic mass is 16.5. The number of benzene rings is 1. The van der Waals surface area contributed by atoms with E-state index in [1.807, 2.05) is 36.4 Å². The Bertz CT molecular complexity index is 403. The number of hydrogen-bond donors (Lipinski definition) is 0. The van der Waals surface area contributed by atoms with E-state index < -0.39 is 0 Å². The molecule has 4 nitrogen and oxygen atoms in total. The smallest absolute Gasteiger partial charge is 0.246 e. The van der Waals surface area contributed by atoms with Gasteiger partial charge in [0.1, 0.15) is 0 Å². The summed E-state index contributed by atoms with van der Waals surface area (Å²) >= 11 is 0. The van der Waals surface area contributed by atoms with Crippen LogP contribution in [0.1, 0.15) is 12.0 Å². The molecule has 0 radical (unpaired) electrons. The Morgan fingerprint density at radius 2 is 1.80 bits per heavy atom. The molecule has 1 aromatic carbocycles. The van der Waals surface area contributed by atoms with E-state index in [9.17, 15) is 4.79 Å². The zero-order chi connectivity index (χ0) is 14.6. The van der Waals surface area contributed by atoms with E-state index in [2.05, 4.69) is 0 Å². The Kier molecular flexibility index (Phi) is 8.35. The average molecular weight is 277 g/mol. The first-order valence-electron chi connectivity index (χ1n) is 6.78. The van der Waals surface area contributed by atoms with Gasteiger partial charge in [-0.2, -0.15) is 0 Å². The number of carbonyl (C=O) groups is 1. The van der Waals surface area contributed by atoms with Crippen molar-refractivity contribution >= 4 is 12.0 Å². The molecule has 0 aliphatic carbocycles. The van der Waals surface area contributed by atoms with Gasteiger partial charge in [0, 0.05) is 40.0 Å². The van der Waals surface area contributed by atoms with Crippen molar-refractivity contribution in [3.05, 3.63) is 42.0 Å². The summed E-state index contributed by atoms with van der Waals surface area (Å²) in [5, 5.41) is 0. The lowest BCUT2D eigenvalue weighted by Crippen LogP contribution is -2.34. The van der Waals surface area contributed by atoms with Gasteiger partial charge in [-0.3, -0.25) is 4.79 Å². The number of methoxy groups -OCH3 is 2. The first kappa shape index (κ1) is 16.4. The summed E-state index contributed by atoms with van der Waals surface area (Å²) < 4.78 is 10.1. The molecular weight excluding hydrogens is 254 g/mol. The molecule has 0 aromatic heterocycles. The third-order valence-electron chi connectivity index (χ3n) is 2.87. The number of amides is 1. The monoisotopic (exact) mass is 277 g/mol. The fraction of sp³-hybridized carbons (Fsp3) is 0.438. The molecule has 1 rings (SSSR count). The Morgan fingerprint density at radius 3 is 2.45 bits per heavy atom. The van der Waals surface area contributed by atoms with E-state index in [-0.39, 0.29) is 5.91 Å². The van der Waals surface area contributed by atoms with Crippen molar-refractivity contribution < 1.29 is 14.3 Å². The van der Waals surface area contributed by atoms with Crippen molar-refractivity contribution in [1.29, 1.82) is 0 Å². The molecule has 0 unspecified atom stereocenters. The van der Waals surface area contributed by atoms with Crippen LogP contribution in [0.4, 0.5) is 0 Å². The Balaban J connectivity index is 2.55. The van der Waals surface area contributed by atoms with Gasteiger partial charge in [-0.05, 0) is 18.1 Å². The number of ether oxygens (including phenoxy) is 2. The van der Waals surface area contributed by atoms with Crippen molar-refractivity contribution in [3.8, 4) is 0 Å². The number of hydrogen-bond acceptors (Lipinski definition) is 3. The summed E-state index contributed by atoms with van der Waals surface area (Å²) in [7, 11) is 3.30. The number of rotatable bonds is 9. The van der Waals surface area contributed by atoms with Crippen LogP contribution in [0.5, 0.6) is 0 Å². The van der Waals surface area contributed by atoms with Gasteiger partial charge in [-0.15, -0.1) is 0 Å². The van der Waals surface area contributed by atoms with E-state index in [0.717, 1.165) is 12.0 Å². The highest BCUT2D eigenvalue weighted by molar-refractivity contribution is 5.91. The van der Waals surface area contributed by atoms with E-state index in [0.29, 0.717) is 26.3 Å². The third kappa shape index (κ3) is 6.50. The van der Waals surface area contributed by atoms with E-state index in [4.69, 9.17) is 9.47 Å². The zero-order valence-corrected chi connectivity index (χ0v) is 12.2. The first-order valence-corrected chi connectivity index (χ1v) is 6.78. The van der Waals surface area contributed by atoms with Crippen LogP contribution >= 0.6 is 0 Å². The molecule has 1 amide bonds. The maximum atomic E-state index is 12.2. The number of nitrogens with zero attached hydrogens (tertiary/aromatic N) is 1. The molecule has 0 bridgehead atoms. The van der Waals surface area contributed by atoms with Gasteiger partial charge in [-0.1, -0.05) is 30.3 Å². The predicted octanol–water partition coefficient (Wildman–Crippen LogP) is 2.21. The Labute approximate surface area is 121 Å². The van der Waals surface area contributed by atoms with E-state index in [1.165, 1.54) is 0 Å². The lowest BCUT2D eigenvalue weighted by atomic mass is 10.2. The lowest BCUT2D eigenvalue weighted by molar-refractivity contribution is -0.126. The fourth-order valence-electron chi connectivity index (χ4n) is 1.77. The maximum absolute atomic E-state index is 12.2. The molecule has 0 spiro atoms. The first-order chi connectivity index (χ1) is 9.77. The van der Waals surface area contributed by atoms with Gasteiger partial charge in [0.05, 0.1) is 6.61 Å². The van der Waals surface area contributed by atoms with Crippen molar-refractivity contribution in [3.63, 3.8) is 0 Å². The molecule has 0 fully saturated rings. The predicted molar refractivity (Wildman–Crippen MR) is 80.4 cm³/mol. The molecule has 0 N–H and O–H groups in total. The topological polar surface area (TPSA) is 38.8 Å². The molecule has 110 valence electrons. The Hall–Kier alpha value is -1.65. The van der Waals surface area contributed by atoms with Gasteiger partial charge in [0.2, 0.25) is 5.91 Å². The maximum Gasteiger partial charge on any atom is 0.246 e. The van der Waals surface area contributed by atoms with Gasteiger partial charge in [0.25, 0.3) is 0 Å². The summed E-state index contributed by atoms with van der Waals surface area (Å²) in [4.78, 5) is 13.9. The zero-order valence-electron chi connectivity index (χ0n) is 12.2. The second-order valence-electron chi connectivity index (χ2n) is 4.41. The van der Waals surface area contributed by atoms with Crippen LogP contribution in [0.2, 0.25) is 0 Å². The van der Waals surface area contributed by atoms with E-state index >= 15 is 0 Å². The minimum absolute atomic E-state index is 0.00186. The molecule has 20 heavy (non-hydrogen) atoms. The summed E-state index contributed by atoms with van der Waals surface area (Å²) in [5.74, 6) is 0.00186. The summed E-state index contributed by atoms with van der Waals surface area (Å²) in [6.45, 7) is 2.46. The standard InChI is InChI=1S/C16H23NO3/c1-19-13-6-11-17(12-14-20-2)16(18)10-9-15-7-4-3-5-8-15/h3-5,7-10H,6,11-14H2,1-2H3/b10-9+. The molecule has 0 aliphatic rings. The largest absolute Gasteiger partial charge is 0.385 e. The normalized spacial score (nSPS) is 10.9. The van der Waals surface area contributed by atoms with Gasteiger partial charge < -0.3 is 14.4 Å². The van der Waals surface area contributed by atoms with Crippen LogP contribution in [0.15, 0.2) is 36.4 Å². The highest BCUT2D eigenvalue weighted by Gasteiger charge is 2.09. The van der Waals surface area contributed by atoms with Gasteiger partial charge in [-0.25, -0.2) is 0 Å². The second-order valence-corrected chi connectivity index (χ2v) is 4.41. The summed E-state index contributed by atoms with van der Waals surface area (Å²) in [5.41, 5.74) is 1.02. The molecule has 0 heterocycles. The van der Waals surface area contributed by atoms with Crippen LogP contribution in [0.25, 0.3) is 6.08 Å². The molecule has 4 heteroatoms. The molecule has 0 aliphatic heterocycles. The molecule has 1 aromatic rings. The van der Waals surface area contributed by atoms with Crippen molar-refractivity contribution in [2.24, 2.45) is 0 Å². The van der Waals surface area contributed by atoms with Crippen LogP contribution < -0.4 is 0 Å².